The summed E-state index contributed by atoms with van der Waals surface area (Å²) < 4.78 is 0. The molecule has 0 bridgehead atoms. The predicted molar refractivity (Wildman–Crippen MR) is 146 cm³/mol. The maximum Gasteiger partial charge on any atom is 0.240 e. The summed E-state index contributed by atoms with van der Waals surface area (Å²) in [5.41, 5.74) is 2.78. The molecule has 0 radical (unpaired) electrons. The lowest BCUT2D eigenvalue weighted by Gasteiger charge is -2.48. The number of rotatable bonds is 5. The van der Waals surface area contributed by atoms with Gasteiger partial charge in [-0.1, -0.05) is 26.0 Å². The van der Waals surface area contributed by atoms with Gasteiger partial charge in [-0.05, 0) is 61.9 Å². The fraction of sp³-hybridized carbons (Fsp3) is 0.607. The largest absolute Gasteiger partial charge is 0.363 e. The number of piperidine rings is 2. The van der Waals surface area contributed by atoms with E-state index in [4.69, 9.17) is 0 Å². The second-order valence-electron chi connectivity index (χ2n) is 11.9. The summed E-state index contributed by atoms with van der Waals surface area (Å²) in [4.78, 5) is 30.7. The lowest BCUT2D eigenvalue weighted by molar-refractivity contribution is -0.123. The van der Waals surface area contributed by atoms with Gasteiger partial charge in [-0.3, -0.25) is 9.69 Å². The number of amides is 1. The minimum Gasteiger partial charge on any atom is -0.363 e. The van der Waals surface area contributed by atoms with Crippen LogP contribution < -0.4 is 20.0 Å². The van der Waals surface area contributed by atoms with Crippen LogP contribution in [0, 0.1) is 5.41 Å². The van der Waals surface area contributed by atoms with Gasteiger partial charge in [0.25, 0.3) is 0 Å². The molecule has 36 heavy (non-hydrogen) atoms. The summed E-state index contributed by atoms with van der Waals surface area (Å²) in [7, 11) is 3.98. The van der Waals surface area contributed by atoms with Crippen LogP contribution in [0.1, 0.15) is 45.1 Å². The highest BCUT2D eigenvalue weighted by molar-refractivity contribution is 5.84. The lowest BCUT2D eigenvalue weighted by atomic mass is 9.82. The number of nitrogens with zero attached hydrogens (tertiary/aromatic N) is 6. The number of benzene rings is 1. The molecule has 0 atom stereocenters. The van der Waals surface area contributed by atoms with E-state index in [1.54, 1.807) is 6.33 Å². The average molecular weight is 492 g/mol. The molecule has 3 fully saturated rings. The second kappa shape index (κ2) is 9.88. The maximum atomic E-state index is 12.8. The first kappa shape index (κ1) is 24.8. The molecule has 0 saturated carbocycles. The molecular weight excluding hydrogens is 450 g/mol. The van der Waals surface area contributed by atoms with E-state index in [-0.39, 0.29) is 11.4 Å². The zero-order chi connectivity index (χ0) is 25.3. The highest BCUT2D eigenvalue weighted by Gasteiger charge is 2.41. The van der Waals surface area contributed by atoms with E-state index in [9.17, 15) is 4.79 Å². The number of likely N-dealkylation sites (tertiary alicyclic amines) is 1. The standard InChI is InChI=1S/C28H41N7O/c1-27(2)9-13-33(14-10-27)18-22-5-7-23(8-6-22)35-19-26(36)31-28(20-35)11-15-34(16-12-28)25-17-24(32(3)4)29-21-30-25/h5-8,17,21H,9-16,18-20H2,1-4H3,(H,31,36). The molecule has 1 aromatic carbocycles. The van der Waals surface area contributed by atoms with Crippen molar-refractivity contribution in [2.45, 2.75) is 51.6 Å². The predicted octanol–water partition coefficient (Wildman–Crippen LogP) is 3.14. The highest BCUT2D eigenvalue weighted by atomic mass is 16.2. The van der Waals surface area contributed by atoms with E-state index in [1.165, 1.54) is 31.5 Å². The van der Waals surface area contributed by atoms with E-state index < -0.39 is 0 Å². The topological polar surface area (TPSA) is 67.8 Å². The number of piperazine rings is 1. The van der Waals surface area contributed by atoms with Crippen molar-refractivity contribution in [1.29, 1.82) is 0 Å². The molecule has 194 valence electrons. The molecule has 0 unspecified atom stereocenters. The molecular formula is C28H41N7O. The lowest BCUT2D eigenvalue weighted by Crippen LogP contribution is -2.66. The molecule has 5 rings (SSSR count). The van der Waals surface area contributed by atoms with Gasteiger partial charge in [0.15, 0.2) is 0 Å². The highest BCUT2D eigenvalue weighted by Crippen LogP contribution is 2.32. The van der Waals surface area contributed by atoms with Crippen molar-refractivity contribution in [3.8, 4) is 0 Å². The molecule has 3 aliphatic heterocycles. The molecule has 0 aliphatic carbocycles. The Morgan fingerprint density at radius 2 is 1.64 bits per heavy atom. The van der Waals surface area contributed by atoms with Crippen LogP contribution in [-0.2, 0) is 11.3 Å². The Bertz CT molecular complexity index is 1050. The number of nitrogens with one attached hydrogen (secondary N) is 1. The number of carbonyl (C=O) groups excluding carboxylic acids is 1. The first-order valence-electron chi connectivity index (χ1n) is 13.3. The Hall–Kier alpha value is -2.87. The van der Waals surface area contributed by atoms with Crippen molar-refractivity contribution in [3.63, 3.8) is 0 Å². The summed E-state index contributed by atoms with van der Waals surface area (Å²) in [5, 5.41) is 3.35. The fourth-order valence-electron chi connectivity index (χ4n) is 5.74. The van der Waals surface area contributed by atoms with E-state index in [0.717, 1.165) is 56.3 Å². The van der Waals surface area contributed by atoms with Crippen LogP contribution in [0.4, 0.5) is 17.3 Å². The number of anilines is 3. The van der Waals surface area contributed by atoms with Crippen molar-refractivity contribution in [1.82, 2.24) is 20.2 Å². The van der Waals surface area contributed by atoms with Gasteiger partial charge in [-0.25, -0.2) is 9.97 Å². The zero-order valence-electron chi connectivity index (χ0n) is 22.3. The third-order valence-corrected chi connectivity index (χ3v) is 8.29. The summed E-state index contributed by atoms with van der Waals surface area (Å²) in [6.45, 7) is 11.1. The van der Waals surface area contributed by atoms with Crippen LogP contribution in [0.3, 0.4) is 0 Å². The molecule has 3 saturated heterocycles. The summed E-state index contributed by atoms with van der Waals surface area (Å²) in [5.74, 6) is 1.98. The van der Waals surface area contributed by atoms with Crippen LogP contribution in [-0.4, -0.2) is 79.7 Å². The number of carbonyl (C=O) groups is 1. The number of hydrogen-bond donors (Lipinski definition) is 1. The molecule has 8 nitrogen and oxygen atoms in total. The molecule has 2 aromatic rings. The maximum absolute atomic E-state index is 12.8. The van der Waals surface area contributed by atoms with E-state index in [1.807, 2.05) is 25.1 Å². The first-order chi connectivity index (χ1) is 17.2. The Kier molecular flexibility index (Phi) is 6.81. The normalized spacial score (nSPS) is 21.9. The van der Waals surface area contributed by atoms with Gasteiger partial charge in [-0.2, -0.15) is 0 Å². The van der Waals surface area contributed by atoms with Crippen molar-refractivity contribution in [3.05, 3.63) is 42.2 Å². The third-order valence-electron chi connectivity index (χ3n) is 8.29. The van der Waals surface area contributed by atoms with Gasteiger partial charge >= 0.3 is 0 Å². The van der Waals surface area contributed by atoms with Crippen molar-refractivity contribution >= 4 is 23.2 Å². The molecule has 8 heteroatoms. The Morgan fingerprint density at radius 3 is 2.31 bits per heavy atom. The Balaban J connectivity index is 1.20. The first-order valence-corrected chi connectivity index (χ1v) is 13.3. The van der Waals surface area contributed by atoms with Crippen molar-refractivity contribution in [2.75, 3.05) is 68.1 Å². The fourth-order valence-corrected chi connectivity index (χ4v) is 5.74. The van der Waals surface area contributed by atoms with E-state index in [2.05, 4.69) is 68.1 Å². The SMILES string of the molecule is CN(C)c1cc(N2CCC3(CC2)CN(c2ccc(CN4CCC(C)(C)CC4)cc2)CC(=O)N3)ncn1. The quantitative estimate of drug-likeness (QED) is 0.689. The third kappa shape index (κ3) is 5.59. The van der Waals surface area contributed by atoms with Crippen LogP contribution in [0.2, 0.25) is 0 Å². The summed E-state index contributed by atoms with van der Waals surface area (Å²) in [6.07, 6.45) is 5.97. The number of aromatic nitrogens is 2. The van der Waals surface area contributed by atoms with Gasteiger partial charge in [0.2, 0.25) is 5.91 Å². The minimum absolute atomic E-state index is 0.117. The van der Waals surface area contributed by atoms with Gasteiger partial charge in [0, 0.05) is 52.0 Å². The van der Waals surface area contributed by atoms with E-state index >= 15 is 0 Å². The van der Waals surface area contributed by atoms with Gasteiger partial charge in [0.1, 0.15) is 18.0 Å². The smallest absolute Gasteiger partial charge is 0.240 e. The minimum atomic E-state index is -0.192. The molecule has 1 aromatic heterocycles. The zero-order valence-corrected chi connectivity index (χ0v) is 22.3. The van der Waals surface area contributed by atoms with Gasteiger partial charge in [0.05, 0.1) is 12.1 Å². The summed E-state index contributed by atoms with van der Waals surface area (Å²) >= 11 is 0. The average Bonchev–Trinajstić information content (AvgIpc) is 2.86. The molecule has 1 N–H and O–H groups in total. The monoisotopic (exact) mass is 491 g/mol. The second-order valence-corrected chi connectivity index (χ2v) is 11.9. The molecule has 4 heterocycles. The number of hydrogen-bond acceptors (Lipinski definition) is 7. The Morgan fingerprint density at radius 1 is 0.944 bits per heavy atom. The van der Waals surface area contributed by atoms with Gasteiger partial charge < -0.3 is 20.0 Å². The van der Waals surface area contributed by atoms with Gasteiger partial charge in [-0.15, -0.1) is 0 Å². The Labute approximate surface area is 215 Å². The van der Waals surface area contributed by atoms with Crippen molar-refractivity contribution in [2.24, 2.45) is 5.41 Å². The van der Waals surface area contributed by atoms with Crippen molar-refractivity contribution < 1.29 is 4.79 Å². The van der Waals surface area contributed by atoms with Crippen LogP contribution >= 0.6 is 0 Å². The van der Waals surface area contributed by atoms with Crippen LogP contribution in [0.25, 0.3) is 0 Å². The summed E-state index contributed by atoms with van der Waals surface area (Å²) in [6, 6.07) is 10.9. The molecule has 1 spiro atoms. The van der Waals surface area contributed by atoms with Crippen LogP contribution in [0.15, 0.2) is 36.7 Å². The molecule has 3 aliphatic rings. The van der Waals surface area contributed by atoms with E-state index in [0.29, 0.717) is 12.0 Å². The molecule has 1 amide bonds. The van der Waals surface area contributed by atoms with Crippen LogP contribution in [0.5, 0.6) is 0 Å².